The molecule has 21 heavy (non-hydrogen) atoms. The van der Waals surface area contributed by atoms with Crippen LogP contribution in [0.5, 0.6) is 0 Å². The van der Waals surface area contributed by atoms with Crippen molar-refractivity contribution in [3.8, 4) is 0 Å². The van der Waals surface area contributed by atoms with E-state index in [9.17, 15) is 9.59 Å². The van der Waals surface area contributed by atoms with E-state index >= 15 is 0 Å². The van der Waals surface area contributed by atoms with Crippen molar-refractivity contribution in [3.05, 3.63) is 35.9 Å². The maximum absolute atomic E-state index is 12.0. The fourth-order valence-electron chi connectivity index (χ4n) is 2.54. The van der Waals surface area contributed by atoms with Crippen LogP contribution in [0.25, 0.3) is 0 Å². The van der Waals surface area contributed by atoms with E-state index in [4.69, 9.17) is 5.21 Å². The summed E-state index contributed by atoms with van der Waals surface area (Å²) in [6.07, 6.45) is 3.70. The molecule has 1 aliphatic carbocycles. The summed E-state index contributed by atoms with van der Waals surface area (Å²) in [5, 5.41) is 11.3. The predicted molar refractivity (Wildman–Crippen MR) is 78.7 cm³/mol. The maximum atomic E-state index is 12.0. The standard InChI is InChI=1S/C16H22N2O3/c19-15(18-21)9-5-2-6-10-17-16(20)14-11-13(14)12-7-3-1-4-8-12/h1,3-4,7-8,13-14,21H,2,5-6,9-11H2,(H,17,20)(H,18,19). The minimum absolute atomic E-state index is 0.118. The van der Waals surface area contributed by atoms with Gasteiger partial charge < -0.3 is 5.32 Å². The molecule has 1 aromatic carbocycles. The normalized spacial score (nSPS) is 19.9. The lowest BCUT2D eigenvalue weighted by atomic mass is 10.1. The third-order valence-corrected chi connectivity index (χ3v) is 3.86. The zero-order valence-electron chi connectivity index (χ0n) is 12.0. The first-order valence-corrected chi connectivity index (χ1v) is 7.48. The highest BCUT2D eigenvalue weighted by atomic mass is 16.5. The van der Waals surface area contributed by atoms with Crippen molar-refractivity contribution in [2.24, 2.45) is 5.92 Å². The first-order chi connectivity index (χ1) is 10.2. The number of carbonyl (C=O) groups excluding carboxylic acids is 2. The van der Waals surface area contributed by atoms with Gasteiger partial charge in [0.05, 0.1) is 0 Å². The number of rotatable bonds is 8. The summed E-state index contributed by atoms with van der Waals surface area (Å²) in [6.45, 7) is 0.650. The SMILES string of the molecule is O=C(CCCCCNC(=O)C1CC1c1ccccc1)NO. The second-order valence-corrected chi connectivity index (χ2v) is 5.50. The number of carbonyl (C=O) groups is 2. The predicted octanol–water partition coefficient (Wildman–Crippen LogP) is 1.97. The Morgan fingerprint density at radius 1 is 1.14 bits per heavy atom. The van der Waals surface area contributed by atoms with E-state index in [0.29, 0.717) is 18.9 Å². The van der Waals surface area contributed by atoms with E-state index in [2.05, 4.69) is 17.4 Å². The molecule has 1 saturated carbocycles. The molecule has 1 fully saturated rings. The van der Waals surface area contributed by atoms with Crippen molar-refractivity contribution >= 4 is 11.8 Å². The number of hydroxylamine groups is 1. The molecule has 2 rings (SSSR count). The topological polar surface area (TPSA) is 78.4 Å². The molecule has 0 bridgehead atoms. The van der Waals surface area contributed by atoms with E-state index in [1.54, 1.807) is 5.48 Å². The highest BCUT2D eigenvalue weighted by Crippen LogP contribution is 2.47. The number of hydrogen-bond acceptors (Lipinski definition) is 3. The molecule has 1 aliphatic rings. The second-order valence-electron chi connectivity index (χ2n) is 5.50. The van der Waals surface area contributed by atoms with E-state index in [1.807, 2.05) is 18.2 Å². The van der Waals surface area contributed by atoms with Crippen LogP contribution in [0, 0.1) is 5.92 Å². The largest absolute Gasteiger partial charge is 0.356 e. The van der Waals surface area contributed by atoms with E-state index in [-0.39, 0.29) is 17.7 Å². The van der Waals surface area contributed by atoms with Crippen molar-refractivity contribution < 1.29 is 14.8 Å². The minimum Gasteiger partial charge on any atom is -0.356 e. The zero-order chi connectivity index (χ0) is 15.1. The lowest BCUT2D eigenvalue weighted by molar-refractivity contribution is -0.129. The van der Waals surface area contributed by atoms with Crippen molar-refractivity contribution in [1.29, 1.82) is 0 Å². The molecule has 0 spiro atoms. The summed E-state index contributed by atoms with van der Waals surface area (Å²) >= 11 is 0. The number of amides is 2. The monoisotopic (exact) mass is 290 g/mol. The molecule has 2 atom stereocenters. The molecule has 2 unspecified atom stereocenters. The molecular weight excluding hydrogens is 268 g/mol. The van der Waals surface area contributed by atoms with Gasteiger partial charge in [0.2, 0.25) is 11.8 Å². The van der Waals surface area contributed by atoms with Gasteiger partial charge in [0.25, 0.3) is 0 Å². The molecule has 5 heteroatoms. The maximum Gasteiger partial charge on any atom is 0.243 e. The van der Waals surface area contributed by atoms with Crippen LogP contribution in [0.1, 0.15) is 43.6 Å². The molecule has 0 saturated heterocycles. The van der Waals surface area contributed by atoms with Crippen LogP contribution in [-0.2, 0) is 9.59 Å². The smallest absolute Gasteiger partial charge is 0.243 e. The zero-order valence-corrected chi connectivity index (χ0v) is 12.0. The first-order valence-electron chi connectivity index (χ1n) is 7.48. The Bertz CT molecular complexity index is 476. The van der Waals surface area contributed by atoms with Crippen LogP contribution in [0.4, 0.5) is 0 Å². The second kappa shape index (κ2) is 7.78. The van der Waals surface area contributed by atoms with Crippen LogP contribution >= 0.6 is 0 Å². The average molecular weight is 290 g/mol. The van der Waals surface area contributed by atoms with E-state index in [1.165, 1.54) is 5.56 Å². The highest BCUT2D eigenvalue weighted by Gasteiger charge is 2.43. The van der Waals surface area contributed by atoms with Gasteiger partial charge in [-0.25, -0.2) is 5.48 Å². The minimum atomic E-state index is -0.359. The Balaban J connectivity index is 1.56. The Hall–Kier alpha value is -1.88. The van der Waals surface area contributed by atoms with Gasteiger partial charge in [-0.1, -0.05) is 36.8 Å². The number of unbranched alkanes of at least 4 members (excludes halogenated alkanes) is 2. The fraction of sp³-hybridized carbons (Fsp3) is 0.500. The van der Waals surface area contributed by atoms with Gasteiger partial charge in [-0.15, -0.1) is 0 Å². The van der Waals surface area contributed by atoms with Crippen LogP contribution in [0.15, 0.2) is 30.3 Å². The summed E-state index contributed by atoms with van der Waals surface area (Å²) in [4.78, 5) is 22.8. The van der Waals surface area contributed by atoms with E-state index < -0.39 is 0 Å². The van der Waals surface area contributed by atoms with Gasteiger partial charge >= 0.3 is 0 Å². The highest BCUT2D eigenvalue weighted by molar-refractivity contribution is 5.82. The molecule has 1 aromatic rings. The van der Waals surface area contributed by atoms with Gasteiger partial charge in [-0.2, -0.15) is 0 Å². The van der Waals surface area contributed by atoms with Crippen LogP contribution in [-0.4, -0.2) is 23.6 Å². The van der Waals surface area contributed by atoms with Gasteiger partial charge in [-0.3, -0.25) is 14.8 Å². The summed E-state index contributed by atoms with van der Waals surface area (Å²) in [5.41, 5.74) is 2.85. The molecule has 5 nitrogen and oxygen atoms in total. The Morgan fingerprint density at radius 2 is 1.90 bits per heavy atom. The summed E-state index contributed by atoms with van der Waals surface area (Å²) in [7, 11) is 0. The molecule has 114 valence electrons. The molecule has 0 aliphatic heterocycles. The fourth-order valence-corrected chi connectivity index (χ4v) is 2.54. The number of benzene rings is 1. The molecule has 0 radical (unpaired) electrons. The summed E-state index contributed by atoms with van der Waals surface area (Å²) < 4.78 is 0. The molecule has 3 N–H and O–H groups in total. The van der Waals surface area contributed by atoms with E-state index in [0.717, 1.165) is 25.7 Å². The quantitative estimate of drug-likeness (QED) is 0.389. The number of nitrogens with one attached hydrogen (secondary N) is 2. The van der Waals surface area contributed by atoms with Crippen molar-refractivity contribution in [3.63, 3.8) is 0 Å². The van der Waals surface area contributed by atoms with Crippen LogP contribution in [0.2, 0.25) is 0 Å². The molecule has 2 amide bonds. The Labute approximate surface area is 124 Å². The third kappa shape index (κ3) is 4.86. The van der Waals surface area contributed by atoms with Crippen molar-refractivity contribution in [2.45, 2.75) is 38.0 Å². The van der Waals surface area contributed by atoms with Crippen LogP contribution in [0.3, 0.4) is 0 Å². The molecule has 0 aromatic heterocycles. The van der Waals surface area contributed by atoms with Gasteiger partial charge in [-0.05, 0) is 30.7 Å². The van der Waals surface area contributed by atoms with Crippen molar-refractivity contribution in [2.75, 3.05) is 6.54 Å². The summed E-state index contributed by atoms with van der Waals surface area (Å²) in [6, 6.07) is 10.1. The lowest BCUT2D eigenvalue weighted by Gasteiger charge is -2.05. The molecule has 0 heterocycles. The lowest BCUT2D eigenvalue weighted by Crippen LogP contribution is -2.26. The average Bonchev–Trinajstić information content (AvgIpc) is 3.31. The van der Waals surface area contributed by atoms with Gasteiger partial charge in [0.15, 0.2) is 0 Å². The van der Waals surface area contributed by atoms with Gasteiger partial charge in [0, 0.05) is 18.9 Å². The Morgan fingerprint density at radius 3 is 2.62 bits per heavy atom. The van der Waals surface area contributed by atoms with Crippen molar-refractivity contribution in [1.82, 2.24) is 10.8 Å². The van der Waals surface area contributed by atoms with Crippen LogP contribution < -0.4 is 10.8 Å². The first kappa shape index (κ1) is 15.5. The van der Waals surface area contributed by atoms with Gasteiger partial charge in [0.1, 0.15) is 0 Å². The third-order valence-electron chi connectivity index (χ3n) is 3.86. The Kier molecular flexibility index (Phi) is 5.75. The summed E-state index contributed by atoms with van der Waals surface area (Å²) in [5.74, 6) is 0.270. The molecular formula is C16H22N2O3. The number of hydrogen-bond donors (Lipinski definition) is 3.